The molecule has 2 nitrogen and oxygen atoms in total. The number of halogens is 1. The molecule has 4 heteroatoms. The Morgan fingerprint density at radius 3 is 2.59 bits per heavy atom. The molecule has 0 bridgehead atoms. The number of hydrogen-bond donors (Lipinski definition) is 1. The second kappa shape index (κ2) is 5.27. The normalized spacial score (nSPS) is 31.1. The summed E-state index contributed by atoms with van der Waals surface area (Å²) in [6, 6.07) is 5.89. The van der Waals surface area contributed by atoms with Crippen molar-refractivity contribution < 1.29 is 8.60 Å². The minimum absolute atomic E-state index is 0.00270. The van der Waals surface area contributed by atoms with Crippen LogP contribution in [0.25, 0.3) is 0 Å². The third-order valence-corrected chi connectivity index (χ3v) is 5.25. The van der Waals surface area contributed by atoms with Crippen LogP contribution < -0.4 is 5.73 Å². The molecule has 94 valence electrons. The zero-order valence-electron chi connectivity index (χ0n) is 9.93. The predicted octanol–water partition coefficient (Wildman–Crippen LogP) is 2.45. The maximum atomic E-state index is 12.8. The molecule has 0 radical (unpaired) electrons. The van der Waals surface area contributed by atoms with E-state index in [2.05, 4.69) is 6.92 Å². The van der Waals surface area contributed by atoms with E-state index in [1.54, 1.807) is 12.1 Å². The highest BCUT2D eigenvalue weighted by molar-refractivity contribution is 7.85. The lowest BCUT2D eigenvalue weighted by Crippen LogP contribution is -2.42. The van der Waals surface area contributed by atoms with E-state index in [4.69, 9.17) is 5.73 Å². The van der Waals surface area contributed by atoms with Gasteiger partial charge in [-0.15, -0.1) is 0 Å². The number of nitrogens with two attached hydrogens (primary N) is 1. The Balaban J connectivity index is 2.15. The van der Waals surface area contributed by atoms with Gasteiger partial charge in [-0.3, -0.25) is 4.21 Å². The van der Waals surface area contributed by atoms with Crippen LogP contribution in [0.15, 0.2) is 29.2 Å². The van der Waals surface area contributed by atoms with E-state index >= 15 is 0 Å². The van der Waals surface area contributed by atoms with Gasteiger partial charge in [-0.1, -0.05) is 6.92 Å². The van der Waals surface area contributed by atoms with Crippen LogP contribution in [0.3, 0.4) is 0 Å². The molecule has 1 saturated carbocycles. The van der Waals surface area contributed by atoms with Crippen LogP contribution in [0.4, 0.5) is 4.39 Å². The van der Waals surface area contributed by atoms with E-state index in [1.165, 1.54) is 12.1 Å². The molecule has 4 unspecified atom stereocenters. The van der Waals surface area contributed by atoms with Crippen molar-refractivity contribution in [3.05, 3.63) is 30.1 Å². The van der Waals surface area contributed by atoms with E-state index in [9.17, 15) is 8.60 Å². The Hall–Kier alpha value is -0.740. The van der Waals surface area contributed by atoms with E-state index in [1.807, 2.05) is 0 Å². The first-order valence-corrected chi connectivity index (χ1v) is 7.21. The molecule has 2 rings (SSSR count). The van der Waals surface area contributed by atoms with Gasteiger partial charge in [0.15, 0.2) is 0 Å². The van der Waals surface area contributed by atoms with Gasteiger partial charge in [-0.2, -0.15) is 0 Å². The van der Waals surface area contributed by atoms with Gasteiger partial charge in [0.05, 0.1) is 16.0 Å². The first kappa shape index (κ1) is 12.7. The van der Waals surface area contributed by atoms with Crippen LogP contribution in [0.5, 0.6) is 0 Å². The van der Waals surface area contributed by atoms with E-state index in [0.717, 1.165) is 19.3 Å². The molecule has 1 aliphatic rings. The van der Waals surface area contributed by atoms with Crippen molar-refractivity contribution in [3.8, 4) is 0 Å². The van der Waals surface area contributed by atoms with Gasteiger partial charge in [0.2, 0.25) is 0 Å². The van der Waals surface area contributed by atoms with Gasteiger partial charge in [-0.25, -0.2) is 4.39 Å². The van der Waals surface area contributed by atoms with E-state index in [0.29, 0.717) is 10.8 Å². The smallest absolute Gasteiger partial charge is 0.123 e. The maximum Gasteiger partial charge on any atom is 0.123 e. The summed E-state index contributed by atoms with van der Waals surface area (Å²) >= 11 is 0. The third-order valence-electron chi connectivity index (χ3n) is 3.43. The van der Waals surface area contributed by atoms with Gasteiger partial charge in [0.25, 0.3) is 0 Å². The van der Waals surface area contributed by atoms with Gasteiger partial charge < -0.3 is 5.73 Å². The molecule has 1 aromatic rings. The lowest BCUT2D eigenvalue weighted by molar-refractivity contribution is 0.353. The van der Waals surface area contributed by atoms with Gasteiger partial charge in [0.1, 0.15) is 5.82 Å². The van der Waals surface area contributed by atoms with Crippen LogP contribution in [-0.4, -0.2) is 15.5 Å². The second-order valence-electron chi connectivity index (χ2n) is 4.87. The minimum atomic E-state index is -1.12. The van der Waals surface area contributed by atoms with E-state index in [-0.39, 0.29) is 17.1 Å². The minimum Gasteiger partial charge on any atom is -0.327 e. The molecule has 1 aliphatic carbocycles. The maximum absolute atomic E-state index is 12.8. The van der Waals surface area contributed by atoms with E-state index < -0.39 is 10.8 Å². The first-order chi connectivity index (χ1) is 8.08. The fraction of sp³-hybridized carbons (Fsp3) is 0.538. The first-order valence-electron chi connectivity index (χ1n) is 5.99. The molecule has 0 saturated heterocycles. The van der Waals surface area contributed by atoms with Crippen molar-refractivity contribution in [2.45, 2.75) is 42.4 Å². The Labute approximate surface area is 104 Å². The highest BCUT2D eigenvalue weighted by atomic mass is 32.2. The Kier molecular flexibility index (Phi) is 3.94. The lowest BCUT2D eigenvalue weighted by Gasteiger charge is -2.31. The molecule has 2 N–H and O–H groups in total. The fourth-order valence-corrected chi connectivity index (χ4v) is 4.05. The molecular weight excluding hydrogens is 237 g/mol. The fourth-order valence-electron chi connectivity index (χ4n) is 2.34. The van der Waals surface area contributed by atoms with Gasteiger partial charge >= 0.3 is 0 Å². The number of benzene rings is 1. The molecule has 0 heterocycles. The summed E-state index contributed by atoms with van der Waals surface area (Å²) in [5.74, 6) is 0.274. The summed E-state index contributed by atoms with van der Waals surface area (Å²) in [7, 11) is -1.12. The third kappa shape index (κ3) is 2.93. The largest absolute Gasteiger partial charge is 0.327 e. The van der Waals surface area contributed by atoms with Crippen LogP contribution >= 0.6 is 0 Å². The second-order valence-corrected chi connectivity index (χ2v) is 6.54. The highest BCUT2D eigenvalue weighted by Crippen LogP contribution is 2.29. The molecule has 1 fully saturated rings. The summed E-state index contributed by atoms with van der Waals surface area (Å²) in [6.45, 7) is 2.17. The molecule has 0 aromatic heterocycles. The summed E-state index contributed by atoms with van der Waals surface area (Å²) in [4.78, 5) is 0.681. The van der Waals surface area contributed by atoms with Crippen molar-refractivity contribution in [3.63, 3.8) is 0 Å². The quantitative estimate of drug-likeness (QED) is 0.882. The van der Waals surface area contributed by atoms with Gasteiger partial charge in [0, 0.05) is 10.9 Å². The Morgan fingerprint density at radius 1 is 1.29 bits per heavy atom. The summed E-state index contributed by atoms with van der Waals surface area (Å²) in [6.07, 6.45) is 2.93. The Morgan fingerprint density at radius 2 is 1.94 bits per heavy atom. The van der Waals surface area contributed by atoms with Crippen LogP contribution in [0, 0.1) is 11.7 Å². The lowest BCUT2D eigenvalue weighted by atomic mass is 9.87. The monoisotopic (exact) mass is 255 g/mol. The predicted molar refractivity (Wildman–Crippen MR) is 67.6 cm³/mol. The topological polar surface area (TPSA) is 43.1 Å². The summed E-state index contributed by atoms with van der Waals surface area (Å²) in [5, 5.41) is 0.00390. The zero-order valence-corrected chi connectivity index (χ0v) is 10.8. The number of rotatable bonds is 2. The number of hydrogen-bond acceptors (Lipinski definition) is 2. The molecular formula is C13H18FNOS. The van der Waals surface area contributed by atoms with Crippen LogP contribution in [0.2, 0.25) is 0 Å². The van der Waals surface area contributed by atoms with Gasteiger partial charge in [-0.05, 0) is 49.4 Å². The molecule has 0 aliphatic heterocycles. The van der Waals surface area contributed by atoms with Crippen molar-refractivity contribution in [1.82, 2.24) is 0 Å². The summed E-state index contributed by atoms with van der Waals surface area (Å²) < 4.78 is 25.2. The Bertz CT molecular complexity index is 406. The zero-order chi connectivity index (χ0) is 12.4. The van der Waals surface area contributed by atoms with Crippen LogP contribution in [0.1, 0.15) is 26.2 Å². The average Bonchev–Trinajstić information content (AvgIpc) is 2.32. The molecule has 4 atom stereocenters. The van der Waals surface area contributed by atoms with Crippen molar-refractivity contribution in [2.24, 2.45) is 11.7 Å². The molecule has 0 amide bonds. The van der Waals surface area contributed by atoms with Crippen LogP contribution in [-0.2, 0) is 10.8 Å². The highest BCUT2D eigenvalue weighted by Gasteiger charge is 2.31. The molecule has 0 spiro atoms. The van der Waals surface area contributed by atoms with Crippen molar-refractivity contribution in [2.75, 3.05) is 0 Å². The standard InChI is InChI=1S/C13H18FNOS/c1-9-2-7-12(15)13(8-9)17(16)11-5-3-10(14)4-6-11/h3-6,9,12-13H,2,7-8,15H2,1H3. The summed E-state index contributed by atoms with van der Waals surface area (Å²) in [5.41, 5.74) is 6.04. The van der Waals surface area contributed by atoms with Crippen molar-refractivity contribution in [1.29, 1.82) is 0 Å². The SMILES string of the molecule is CC1CCC(N)C(S(=O)c2ccc(F)cc2)C1. The average molecular weight is 255 g/mol. The molecule has 17 heavy (non-hydrogen) atoms. The molecule has 1 aromatic carbocycles. The van der Waals surface area contributed by atoms with Crippen molar-refractivity contribution >= 4 is 10.8 Å².